The standard InChI is InChI=1S/C16H17BrFNO2/c1-3-21-16-8-11(4-7-15(16)20-2)10-19-14-6-5-12(17)9-13(14)18/h4-9,19H,3,10H2,1-2H3. The lowest BCUT2D eigenvalue weighted by molar-refractivity contribution is 0.310. The molecule has 1 N–H and O–H groups in total. The number of benzene rings is 2. The molecule has 0 saturated carbocycles. The Hall–Kier alpha value is -1.75. The maximum absolute atomic E-state index is 13.7. The molecule has 0 bridgehead atoms. The third kappa shape index (κ3) is 4.11. The van der Waals surface area contributed by atoms with Crippen LogP contribution in [-0.4, -0.2) is 13.7 Å². The van der Waals surface area contributed by atoms with Crippen molar-refractivity contribution >= 4 is 21.6 Å². The van der Waals surface area contributed by atoms with Crippen LogP contribution in [0, 0.1) is 5.82 Å². The number of rotatable bonds is 6. The van der Waals surface area contributed by atoms with Gasteiger partial charge in [0.05, 0.1) is 19.4 Å². The van der Waals surface area contributed by atoms with E-state index in [2.05, 4.69) is 21.2 Å². The van der Waals surface area contributed by atoms with Crippen molar-refractivity contribution in [2.75, 3.05) is 19.0 Å². The molecule has 0 aromatic heterocycles. The summed E-state index contributed by atoms with van der Waals surface area (Å²) in [6.07, 6.45) is 0. The summed E-state index contributed by atoms with van der Waals surface area (Å²) in [5.74, 6) is 1.09. The van der Waals surface area contributed by atoms with Crippen LogP contribution >= 0.6 is 15.9 Å². The van der Waals surface area contributed by atoms with E-state index in [9.17, 15) is 4.39 Å². The van der Waals surface area contributed by atoms with Gasteiger partial charge in [0.25, 0.3) is 0 Å². The number of methoxy groups -OCH3 is 1. The van der Waals surface area contributed by atoms with Crippen molar-refractivity contribution in [3.05, 3.63) is 52.3 Å². The monoisotopic (exact) mass is 353 g/mol. The van der Waals surface area contributed by atoms with Crippen molar-refractivity contribution in [2.45, 2.75) is 13.5 Å². The average molecular weight is 354 g/mol. The molecule has 5 heteroatoms. The fourth-order valence-corrected chi connectivity index (χ4v) is 2.26. The normalized spacial score (nSPS) is 10.3. The minimum absolute atomic E-state index is 0.289. The second-order valence-electron chi connectivity index (χ2n) is 4.40. The zero-order valence-electron chi connectivity index (χ0n) is 12.0. The number of hydrogen-bond acceptors (Lipinski definition) is 3. The molecular weight excluding hydrogens is 337 g/mol. The van der Waals surface area contributed by atoms with Crippen molar-refractivity contribution < 1.29 is 13.9 Å². The molecule has 0 amide bonds. The Kier molecular flexibility index (Phi) is 5.44. The van der Waals surface area contributed by atoms with Crippen LogP contribution in [0.1, 0.15) is 12.5 Å². The van der Waals surface area contributed by atoms with E-state index in [1.807, 2.05) is 25.1 Å². The van der Waals surface area contributed by atoms with Crippen LogP contribution in [-0.2, 0) is 6.54 Å². The SMILES string of the molecule is CCOc1cc(CNc2ccc(Br)cc2F)ccc1OC. The Morgan fingerprint density at radius 1 is 1.14 bits per heavy atom. The van der Waals surface area contributed by atoms with Crippen molar-refractivity contribution in [1.29, 1.82) is 0 Å². The second kappa shape index (κ2) is 7.31. The zero-order chi connectivity index (χ0) is 15.2. The first-order valence-corrected chi connectivity index (χ1v) is 7.42. The molecule has 21 heavy (non-hydrogen) atoms. The van der Waals surface area contributed by atoms with Crippen LogP contribution in [0.25, 0.3) is 0 Å². The summed E-state index contributed by atoms with van der Waals surface area (Å²) >= 11 is 3.24. The smallest absolute Gasteiger partial charge is 0.161 e. The largest absolute Gasteiger partial charge is 0.493 e. The molecule has 0 heterocycles. The van der Waals surface area contributed by atoms with Gasteiger partial charge in [-0.1, -0.05) is 22.0 Å². The fraction of sp³-hybridized carbons (Fsp3) is 0.250. The van der Waals surface area contributed by atoms with Crippen LogP contribution < -0.4 is 14.8 Å². The molecule has 0 aliphatic heterocycles. The molecular formula is C16H17BrFNO2. The molecule has 0 radical (unpaired) electrons. The van der Waals surface area contributed by atoms with E-state index in [1.54, 1.807) is 19.2 Å². The lowest BCUT2D eigenvalue weighted by Crippen LogP contribution is -2.03. The molecule has 0 aliphatic rings. The van der Waals surface area contributed by atoms with Crippen LogP contribution in [0.5, 0.6) is 11.5 Å². The van der Waals surface area contributed by atoms with E-state index < -0.39 is 0 Å². The third-order valence-electron chi connectivity index (χ3n) is 2.94. The zero-order valence-corrected chi connectivity index (χ0v) is 13.5. The molecule has 2 aromatic rings. The Labute approximate surface area is 132 Å². The number of halogens is 2. The number of hydrogen-bond donors (Lipinski definition) is 1. The average Bonchev–Trinajstić information content (AvgIpc) is 2.47. The van der Waals surface area contributed by atoms with E-state index in [-0.39, 0.29) is 5.82 Å². The summed E-state index contributed by atoms with van der Waals surface area (Å²) in [6, 6.07) is 10.6. The number of nitrogens with one attached hydrogen (secondary N) is 1. The van der Waals surface area contributed by atoms with Gasteiger partial charge in [-0.15, -0.1) is 0 Å². The van der Waals surface area contributed by atoms with Crippen molar-refractivity contribution in [3.63, 3.8) is 0 Å². The van der Waals surface area contributed by atoms with Crippen molar-refractivity contribution in [3.8, 4) is 11.5 Å². The molecule has 0 aliphatic carbocycles. The predicted octanol–water partition coefficient (Wildman–Crippen LogP) is 4.61. The Morgan fingerprint density at radius 2 is 1.95 bits per heavy atom. The predicted molar refractivity (Wildman–Crippen MR) is 85.6 cm³/mol. The van der Waals surface area contributed by atoms with E-state index in [4.69, 9.17) is 9.47 Å². The molecule has 2 aromatic carbocycles. The first kappa shape index (κ1) is 15.6. The Morgan fingerprint density at radius 3 is 2.62 bits per heavy atom. The second-order valence-corrected chi connectivity index (χ2v) is 5.31. The summed E-state index contributed by atoms with van der Waals surface area (Å²) in [6.45, 7) is 2.98. The van der Waals surface area contributed by atoms with Crippen molar-refractivity contribution in [2.24, 2.45) is 0 Å². The summed E-state index contributed by atoms with van der Waals surface area (Å²) < 4.78 is 25.2. The van der Waals surface area contributed by atoms with E-state index in [1.165, 1.54) is 6.07 Å². The Bertz CT molecular complexity index is 619. The maximum atomic E-state index is 13.7. The quantitative estimate of drug-likeness (QED) is 0.822. The van der Waals surface area contributed by atoms with Crippen LogP contribution in [0.15, 0.2) is 40.9 Å². The van der Waals surface area contributed by atoms with Crippen LogP contribution in [0.2, 0.25) is 0 Å². The maximum Gasteiger partial charge on any atom is 0.161 e. The highest BCUT2D eigenvalue weighted by molar-refractivity contribution is 9.10. The van der Waals surface area contributed by atoms with Gasteiger partial charge in [-0.2, -0.15) is 0 Å². The van der Waals surface area contributed by atoms with Crippen LogP contribution in [0.4, 0.5) is 10.1 Å². The van der Waals surface area contributed by atoms with E-state index >= 15 is 0 Å². The summed E-state index contributed by atoms with van der Waals surface area (Å²) in [4.78, 5) is 0. The minimum atomic E-state index is -0.289. The minimum Gasteiger partial charge on any atom is -0.493 e. The number of anilines is 1. The Balaban J connectivity index is 2.10. The molecule has 0 saturated heterocycles. The van der Waals surface area contributed by atoms with Crippen molar-refractivity contribution in [1.82, 2.24) is 0 Å². The van der Waals surface area contributed by atoms with Gasteiger partial charge in [0.2, 0.25) is 0 Å². The van der Waals surface area contributed by atoms with Gasteiger partial charge in [0.15, 0.2) is 11.5 Å². The van der Waals surface area contributed by atoms with Gasteiger partial charge in [-0.05, 0) is 42.8 Å². The molecule has 2 rings (SSSR count). The first-order chi connectivity index (χ1) is 10.1. The molecule has 0 fully saturated rings. The molecule has 0 unspecified atom stereocenters. The summed E-state index contributed by atoms with van der Waals surface area (Å²) in [5, 5.41) is 3.07. The lowest BCUT2D eigenvalue weighted by Gasteiger charge is -2.12. The van der Waals surface area contributed by atoms with Crippen LogP contribution in [0.3, 0.4) is 0 Å². The lowest BCUT2D eigenvalue weighted by atomic mass is 10.2. The molecule has 0 spiro atoms. The highest BCUT2D eigenvalue weighted by Gasteiger charge is 2.07. The van der Waals surface area contributed by atoms with E-state index in [0.717, 1.165) is 5.56 Å². The summed E-state index contributed by atoms with van der Waals surface area (Å²) in [5.41, 5.74) is 1.45. The van der Waals surface area contributed by atoms with Gasteiger partial charge in [0, 0.05) is 11.0 Å². The van der Waals surface area contributed by atoms with Gasteiger partial charge < -0.3 is 14.8 Å². The fourth-order valence-electron chi connectivity index (χ4n) is 1.93. The highest BCUT2D eigenvalue weighted by atomic mass is 79.9. The summed E-state index contributed by atoms with van der Waals surface area (Å²) in [7, 11) is 1.60. The number of ether oxygens (including phenoxy) is 2. The molecule has 3 nitrogen and oxygen atoms in total. The molecule has 0 atom stereocenters. The molecule has 112 valence electrons. The van der Waals surface area contributed by atoms with Gasteiger partial charge in [0.1, 0.15) is 5.82 Å². The highest BCUT2D eigenvalue weighted by Crippen LogP contribution is 2.28. The van der Waals surface area contributed by atoms with E-state index in [0.29, 0.717) is 34.8 Å². The third-order valence-corrected chi connectivity index (χ3v) is 3.44. The van der Waals surface area contributed by atoms with Gasteiger partial charge in [-0.3, -0.25) is 0 Å². The van der Waals surface area contributed by atoms with Gasteiger partial charge >= 0.3 is 0 Å². The van der Waals surface area contributed by atoms with Gasteiger partial charge in [-0.25, -0.2) is 4.39 Å². The topological polar surface area (TPSA) is 30.5 Å². The first-order valence-electron chi connectivity index (χ1n) is 6.62.